The van der Waals surface area contributed by atoms with Crippen molar-refractivity contribution in [3.8, 4) is 0 Å². The summed E-state index contributed by atoms with van der Waals surface area (Å²) in [7, 11) is 0. The molecular formula is C11H15N3O2. The van der Waals surface area contributed by atoms with Crippen LogP contribution in [0.5, 0.6) is 0 Å². The van der Waals surface area contributed by atoms with Crippen LogP contribution in [0.2, 0.25) is 0 Å². The number of pyridine rings is 1. The van der Waals surface area contributed by atoms with Crippen molar-refractivity contribution in [2.45, 2.75) is 6.92 Å². The van der Waals surface area contributed by atoms with Crippen LogP contribution in [0.4, 0.5) is 10.6 Å². The van der Waals surface area contributed by atoms with Crippen LogP contribution >= 0.6 is 0 Å². The Labute approximate surface area is 94.3 Å². The summed E-state index contributed by atoms with van der Waals surface area (Å²) in [6, 6.07) is 3.93. The predicted octanol–water partition coefficient (Wildman–Crippen LogP) is 1.19. The molecule has 1 saturated heterocycles. The maximum absolute atomic E-state index is 10.8. The number of rotatable bonds is 1. The Hall–Kier alpha value is -1.78. The van der Waals surface area contributed by atoms with E-state index in [9.17, 15) is 4.79 Å². The van der Waals surface area contributed by atoms with Crippen LogP contribution in [0, 0.1) is 6.92 Å². The van der Waals surface area contributed by atoms with Gasteiger partial charge in [0.05, 0.1) is 0 Å². The molecule has 1 amide bonds. The summed E-state index contributed by atoms with van der Waals surface area (Å²) in [5.41, 5.74) is 1.13. The van der Waals surface area contributed by atoms with Gasteiger partial charge >= 0.3 is 6.09 Å². The average Bonchev–Trinajstić information content (AvgIpc) is 2.30. The van der Waals surface area contributed by atoms with Gasteiger partial charge in [-0.2, -0.15) is 0 Å². The number of anilines is 1. The summed E-state index contributed by atoms with van der Waals surface area (Å²) in [6.07, 6.45) is 0.934. The van der Waals surface area contributed by atoms with Crippen molar-refractivity contribution in [1.29, 1.82) is 0 Å². The number of hydrogen-bond donors (Lipinski definition) is 1. The molecule has 0 atom stereocenters. The zero-order chi connectivity index (χ0) is 11.5. The fourth-order valence-electron chi connectivity index (χ4n) is 1.92. The molecular weight excluding hydrogens is 206 g/mol. The summed E-state index contributed by atoms with van der Waals surface area (Å²) >= 11 is 0. The third-order valence-corrected chi connectivity index (χ3v) is 2.83. The fourth-order valence-corrected chi connectivity index (χ4v) is 1.92. The molecule has 1 fully saturated rings. The van der Waals surface area contributed by atoms with Gasteiger partial charge in [0.15, 0.2) is 0 Å². The Balaban J connectivity index is 2.05. The van der Waals surface area contributed by atoms with Crippen LogP contribution in [-0.2, 0) is 0 Å². The van der Waals surface area contributed by atoms with E-state index in [4.69, 9.17) is 5.11 Å². The number of amides is 1. The first-order valence-corrected chi connectivity index (χ1v) is 5.33. The van der Waals surface area contributed by atoms with Crippen molar-refractivity contribution in [2.24, 2.45) is 0 Å². The molecule has 2 heterocycles. The monoisotopic (exact) mass is 221 g/mol. The lowest BCUT2D eigenvalue weighted by Crippen LogP contribution is -2.48. The van der Waals surface area contributed by atoms with Crippen LogP contribution < -0.4 is 4.90 Å². The minimum atomic E-state index is -0.836. The number of nitrogens with zero attached hydrogens (tertiary/aromatic N) is 3. The number of piperazine rings is 1. The molecule has 2 rings (SSSR count). The molecule has 1 aliphatic heterocycles. The average molecular weight is 221 g/mol. The highest BCUT2D eigenvalue weighted by Gasteiger charge is 2.21. The standard InChI is InChI=1S/C11H15N3O2/c1-9-3-2-4-12-10(9)13-5-7-14(8-6-13)11(15)16/h2-4H,5-8H2,1H3,(H,15,16). The van der Waals surface area contributed by atoms with Crippen LogP contribution in [0.25, 0.3) is 0 Å². The summed E-state index contributed by atoms with van der Waals surface area (Å²) in [4.78, 5) is 18.7. The quantitative estimate of drug-likeness (QED) is 0.774. The molecule has 0 aliphatic carbocycles. The number of aryl methyl sites for hydroxylation is 1. The van der Waals surface area contributed by atoms with E-state index in [1.807, 2.05) is 19.1 Å². The van der Waals surface area contributed by atoms with Crippen molar-refractivity contribution in [3.63, 3.8) is 0 Å². The molecule has 0 radical (unpaired) electrons. The van der Waals surface area contributed by atoms with E-state index in [1.54, 1.807) is 6.20 Å². The normalized spacial score (nSPS) is 16.3. The predicted molar refractivity (Wildman–Crippen MR) is 60.8 cm³/mol. The Bertz CT molecular complexity index is 387. The highest BCUT2D eigenvalue weighted by Crippen LogP contribution is 2.17. The lowest BCUT2D eigenvalue weighted by atomic mass is 10.2. The van der Waals surface area contributed by atoms with E-state index >= 15 is 0 Å². The van der Waals surface area contributed by atoms with Crippen molar-refractivity contribution >= 4 is 11.9 Å². The largest absolute Gasteiger partial charge is 0.465 e. The van der Waals surface area contributed by atoms with Gasteiger partial charge in [-0.05, 0) is 18.6 Å². The topological polar surface area (TPSA) is 56.7 Å². The van der Waals surface area contributed by atoms with Gasteiger partial charge in [-0.25, -0.2) is 9.78 Å². The molecule has 1 aromatic heterocycles. The second kappa shape index (κ2) is 4.38. The zero-order valence-electron chi connectivity index (χ0n) is 9.26. The van der Waals surface area contributed by atoms with Gasteiger partial charge in [0.25, 0.3) is 0 Å². The van der Waals surface area contributed by atoms with Gasteiger partial charge in [0.2, 0.25) is 0 Å². The Morgan fingerprint density at radius 1 is 1.38 bits per heavy atom. The Kier molecular flexibility index (Phi) is 2.94. The van der Waals surface area contributed by atoms with Crippen LogP contribution in [0.15, 0.2) is 18.3 Å². The second-order valence-corrected chi connectivity index (χ2v) is 3.90. The molecule has 1 aromatic rings. The highest BCUT2D eigenvalue weighted by molar-refractivity contribution is 5.65. The molecule has 1 aliphatic rings. The van der Waals surface area contributed by atoms with Crippen LogP contribution in [0.3, 0.4) is 0 Å². The fraction of sp³-hybridized carbons (Fsp3) is 0.455. The smallest absolute Gasteiger partial charge is 0.407 e. The van der Waals surface area contributed by atoms with Gasteiger partial charge in [-0.1, -0.05) is 6.07 Å². The van der Waals surface area contributed by atoms with E-state index in [0.29, 0.717) is 26.2 Å². The van der Waals surface area contributed by atoms with E-state index in [0.717, 1.165) is 11.4 Å². The molecule has 0 bridgehead atoms. The molecule has 1 N–H and O–H groups in total. The van der Waals surface area contributed by atoms with Crippen molar-refractivity contribution in [3.05, 3.63) is 23.9 Å². The first-order valence-electron chi connectivity index (χ1n) is 5.33. The third kappa shape index (κ3) is 2.08. The van der Waals surface area contributed by atoms with Gasteiger partial charge in [0, 0.05) is 32.4 Å². The first-order chi connectivity index (χ1) is 7.68. The van der Waals surface area contributed by atoms with Crippen molar-refractivity contribution in [2.75, 3.05) is 31.1 Å². The molecule has 86 valence electrons. The number of carbonyl (C=O) groups is 1. The van der Waals surface area contributed by atoms with Crippen molar-refractivity contribution < 1.29 is 9.90 Å². The van der Waals surface area contributed by atoms with Gasteiger partial charge in [0.1, 0.15) is 5.82 Å². The number of aromatic nitrogens is 1. The Morgan fingerprint density at radius 3 is 2.62 bits per heavy atom. The van der Waals surface area contributed by atoms with Gasteiger partial charge in [-0.15, -0.1) is 0 Å². The van der Waals surface area contributed by atoms with Crippen molar-refractivity contribution in [1.82, 2.24) is 9.88 Å². The number of carboxylic acid groups (broad SMARTS) is 1. The summed E-state index contributed by atoms with van der Waals surface area (Å²) < 4.78 is 0. The summed E-state index contributed by atoms with van der Waals surface area (Å²) in [5, 5.41) is 8.84. The lowest BCUT2D eigenvalue weighted by Gasteiger charge is -2.34. The highest BCUT2D eigenvalue weighted by atomic mass is 16.4. The molecule has 0 unspecified atom stereocenters. The van der Waals surface area contributed by atoms with E-state index in [2.05, 4.69) is 9.88 Å². The van der Waals surface area contributed by atoms with Gasteiger partial charge in [-0.3, -0.25) is 0 Å². The lowest BCUT2D eigenvalue weighted by molar-refractivity contribution is 0.142. The molecule has 0 aromatic carbocycles. The Morgan fingerprint density at radius 2 is 2.06 bits per heavy atom. The maximum Gasteiger partial charge on any atom is 0.407 e. The van der Waals surface area contributed by atoms with Crippen LogP contribution in [0.1, 0.15) is 5.56 Å². The van der Waals surface area contributed by atoms with Gasteiger partial charge < -0.3 is 14.9 Å². The molecule has 0 spiro atoms. The molecule has 0 saturated carbocycles. The maximum atomic E-state index is 10.8. The van der Waals surface area contributed by atoms with Crippen LogP contribution in [-0.4, -0.2) is 47.3 Å². The number of hydrogen-bond acceptors (Lipinski definition) is 3. The molecule has 5 heteroatoms. The third-order valence-electron chi connectivity index (χ3n) is 2.83. The minimum Gasteiger partial charge on any atom is -0.465 e. The minimum absolute atomic E-state index is 0.547. The summed E-state index contributed by atoms with van der Waals surface area (Å²) in [6.45, 7) is 4.54. The molecule has 5 nitrogen and oxygen atoms in total. The zero-order valence-corrected chi connectivity index (χ0v) is 9.26. The van der Waals surface area contributed by atoms with E-state index in [1.165, 1.54) is 4.90 Å². The van der Waals surface area contributed by atoms with E-state index in [-0.39, 0.29) is 0 Å². The summed E-state index contributed by atoms with van der Waals surface area (Å²) in [5.74, 6) is 0.965. The SMILES string of the molecule is Cc1cccnc1N1CCN(C(=O)O)CC1. The first kappa shape index (κ1) is 10.7. The van der Waals surface area contributed by atoms with E-state index < -0.39 is 6.09 Å². The molecule has 16 heavy (non-hydrogen) atoms. The second-order valence-electron chi connectivity index (χ2n) is 3.90.